The highest BCUT2D eigenvalue weighted by atomic mass is 16.5. The van der Waals surface area contributed by atoms with Crippen molar-refractivity contribution in [3.05, 3.63) is 94.1 Å². The molecule has 5 rings (SSSR count). The Morgan fingerprint density at radius 3 is 2.49 bits per heavy atom. The third kappa shape index (κ3) is 3.95. The number of aryl methyl sites for hydroxylation is 2. The van der Waals surface area contributed by atoms with Gasteiger partial charge in [0.05, 0.1) is 18.7 Å². The number of aliphatic hydroxyl groups is 1. The lowest BCUT2D eigenvalue weighted by Crippen LogP contribution is -2.29. The molecule has 2 heterocycles. The molecule has 1 saturated heterocycles. The van der Waals surface area contributed by atoms with Gasteiger partial charge in [-0.1, -0.05) is 18.2 Å². The third-order valence-corrected chi connectivity index (χ3v) is 6.51. The first-order chi connectivity index (χ1) is 16.8. The number of carbonyl (C=O) groups is 2. The summed E-state index contributed by atoms with van der Waals surface area (Å²) in [6, 6.07) is 17.5. The summed E-state index contributed by atoms with van der Waals surface area (Å²) in [5.41, 5.74) is 4.71. The third-order valence-electron chi connectivity index (χ3n) is 6.51. The molecule has 6 nitrogen and oxygen atoms in total. The summed E-state index contributed by atoms with van der Waals surface area (Å²) in [5, 5.41) is 11.4. The smallest absolute Gasteiger partial charge is 0.300 e. The largest absolute Gasteiger partial charge is 0.507 e. The number of hydrogen-bond acceptors (Lipinski definition) is 5. The van der Waals surface area contributed by atoms with Crippen molar-refractivity contribution >= 4 is 23.1 Å². The molecule has 2 unspecified atom stereocenters. The van der Waals surface area contributed by atoms with E-state index in [1.807, 2.05) is 57.2 Å². The molecule has 0 saturated carbocycles. The zero-order valence-corrected chi connectivity index (χ0v) is 20.2. The molecule has 35 heavy (non-hydrogen) atoms. The van der Waals surface area contributed by atoms with E-state index in [1.165, 1.54) is 4.90 Å². The van der Waals surface area contributed by atoms with E-state index in [1.54, 1.807) is 31.4 Å². The van der Waals surface area contributed by atoms with Gasteiger partial charge in [-0.25, -0.2) is 0 Å². The summed E-state index contributed by atoms with van der Waals surface area (Å²) < 4.78 is 11.2. The number of fused-ring (bicyclic) bond motifs is 1. The molecule has 0 aliphatic carbocycles. The molecule has 1 amide bonds. The Balaban J connectivity index is 1.72. The molecule has 1 fully saturated rings. The Kier molecular flexibility index (Phi) is 5.59. The van der Waals surface area contributed by atoms with E-state index in [2.05, 4.69) is 0 Å². The van der Waals surface area contributed by atoms with E-state index in [9.17, 15) is 14.7 Å². The Bertz CT molecular complexity index is 1370. The number of anilines is 1. The number of nitrogens with zero attached hydrogens (tertiary/aromatic N) is 1. The zero-order chi connectivity index (χ0) is 24.9. The Morgan fingerprint density at radius 1 is 1.03 bits per heavy atom. The number of amides is 1. The van der Waals surface area contributed by atoms with Crippen molar-refractivity contribution in [2.45, 2.75) is 39.3 Å². The van der Waals surface area contributed by atoms with Crippen LogP contribution in [0, 0.1) is 13.8 Å². The summed E-state index contributed by atoms with van der Waals surface area (Å²) >= 11 is 0. The van der Waals surface area contributed by atoms with E-state index in [0.717, 1.165) is 22.4 Å². The number of methoxy groups -OCH3 is 1. The van der Waals surface area contributed by atoms with Gasteiger partial charge in [-0.3, -0.25) is 14.5 Å². The van der Waals surface area contributed by atoms with Crippen molar-refractivity contribution in [3.8, 4) is 11.5 Å². The van der Waals surface area contributed by atoms with Crippen LogP contribution in [0.25, 0.3) is 5.76 Å². The highest BCUT2D eigenvalue weighted by Crippen LogP contribution is 2.44. The number of aliphatic hydroxyl groups excluding tert-OH is 1. The van der Waals surface area contributed by atoms with Crippen LogP contribution >= 0.6 is 0 Å². The van der Waals surface area contributed by atoms with E-state index in [4.69, 9.17) is 9.47 Å². The second-order valence-corrected chi connectivity index (χ2v) is 9.25. The molecule has 3 aromatic carbocycles. The number of ether oxygens (including phenoxy) is 2. The molecule has 2 aliphatic heterocycles. The van der Waals surface area contributed by atoms with Crippen molar-refractivity contribution in [1.29, 1.82) is 0 Å². The fourth-order valence-corrected chi connectivity index (χ4v) is 5.04. The molecule has 0 radical (unpaired) electrons. The summed E-state index contributed by atoms with van der Waals surface area (Å²) in [6.07, 6.45) is 0.765. The molecule has 1 N–H and O–H groups in total. The molecule has 0 aromatic heterocycles. The zero-order valence-electron chi connectivity index (χ0n) is 20.2. The number of ketones is 1. The second-order valence-electron chi connectivity index (χ2n) is 9.25. The van der Waals surface area contributed by atoms with Crippen LogP contribution in [0.1, 0.15) is 40.8 Å². The van der Waals surface area contributed by atoms with Crippen LogP contribution in [0.2, 0.25) is 0 Å². The van der Waals surface area contributed by atoms with Gasteiger partial charge in [0.15, 0.2) is 0 Å². The van der Waals surface area contributed by atoms with Crippen LogP contribution in [-0.2, 0) is 16.0 Å². The van der Waals surface area contributed by atoms with E-state index in [-0.39, 0.29) is 17.4 Å². The van der Waals surface area contributed by atoms with Gasteiger partial charge in [0.25, 0.3) is 11.7 Å². The lowest BCUT2D eigenvalue weighted by Gasteiger charge is -2.26. The number of Topliss-reactive ketones (excluding diaryl/α,β-unsaturated/α-hetero) is 1. The van der Waals surface area contributed by atoms with Crippen molar-refractivity contribution in [1.82, 2.24) is 0 Å². The van der Waals surface area contributed by atoms with Crippen LogP contribution in [0.3, 0.4) is 0 Å². The topological polar surface area (TPSA) is 76.1 Å². The second kappa shape index (κ2) is 8.62. The number of rotatable bonds is 4. The van der Waals surface area contributed by atoms with Gasteiger partial charge in [0.2, 0.25) is 0 Å². The first-order valence-corrected chi connectivity index (χ1v) is 11.6. The quantitative estimate of drug-likeness (QED) is 0.320. The average Bonchev–Trinajstić information content (AvgIpc) is 3.33. The van der Waals surface area contributed by atoms with Crippen LogP contribution in [0.15, 0.2) is 66.2 Å². The van der Waals surface area contributed by atoms with Gasteiger partial charge in [-0.05, 0) is 85.5 Å². The maximum atomic E-state index is 13.4. The molecular weight excluding hydrogens is 442 g/mol. The van der Waals surface area contributed by atoms with E-state index in [0.29, 0.717) is 29.0 Å². The normalized spacial score (nSPS) is 20.6. The Hall–Kier alpha value is -4.06. The van der Waals surface area contributed by atoms with Crippen molar-refractivity contribution in [3.63, 3.8) is 0 Å². The standard InChI is InChI=1S/C29H27NO5/c1-16-10-17(2)12-22(11-16)30-26(19-6-5-7-23(15-19)34-4)25(28(32)29(30)33)27(31)20-8-9-24-21(14-20)13-18(3)35-24/h5-12,14-15,18,26,31H,13H2,1-4H3/b27-25-. The maximum Gasteiger partial charge on any atom is 0.300 e. The molecule has 3 aromatic rings. The van der Waals surface area contributed by atoms with Crippen molar-refractivity contribution < 1.29 is 24.2 Å². The molecule has 2 atom stereocenters. The highest BCUT2D eigenvalue weighted by Gasteiger charge is 2.47. The predicted octanol–water partition coefficient (Wildman–Crippen LogP) is 5.26. The minimum atomic E-state index is -0.810. The lowest BCUT2D eigenvalue weighted by atomic mass is 9.94. The summed E-state index contributed by atoms with van der Waals surface area (Å²) in [6.45, 7) is 5.88. The fourth-order valence-electron chi connectivity index (χ4n) is 5.04. The highest BCUT2D eigenvalue weighted by molar-refractivity contribution is 6.51. The summed E-state index contributed by atoms with van der Waals surface area (Å²) in [4.78, 5) is 28.3. The summed E-state index contributed by atoms with van der Waals surface area (Å²) in [5.74, 6) is -0.237. The summed E-state index contributed by atoms with van der Waals surface area (Å²) in [7, 11) is 1.56. The van der Waals surface area contributed by atoms with E-state index < -0.39 is 17.7 Å². The lowest BCUT2D eigenvalue weighted by molar-refractivity contribution is -0.132. The number of hydrogen-bond donors (Lipinski definition) is 1. The minimum absolute atomic E-state index is 0.0503. The Morgan fingerprint density at radius 2 is 1.77 bits per heavy atom. The number of carbonyl (C=O) groups excluding carboxylic acids is 2. The van der Waals surface area contributed by atoms with Gasteiger partial charge >= 0.3 is 0 Å². The average molecular weight is 470 g/mol. The molecule has 178 valence electrons. The SMILES string of the molecule is COc1cccc(C2/C(=C(/O)c3ccc4c(c3)CC(C)O4)C(=O)C(=O)N2c2cc(C)cc(C)c2)c1. The first-order valence-electron chi connectivity index (χ1n) is 11.6. The monoisotopic (exact) mass is 469 g/mol. The molecule has 6 heteroatoms. The van der Waals surface area contributed by atoms with Crippen molar-refractivity contribution in [2.75, 3.05) is 12.0 Å². The minimum Gasteiger partial charge on any atom is -0.507 e. The van der Waals surface area contributed by atoms with Gasteiger partial charge in [0, 0.05) is 17.7 Å². The molecule has 0 spiro atoms. The van der Waals surface area contributed by atoms with Crippen LogP contribution in [0.4, 0.5) is 5.69 Å². The van der Waals surface area contributed by atoms with Gasteiger partial charge in [-0.15, -0.1) is 0 Å². The maximum absolute atomic E-state index is 13.4. The van der Waals surface area contributed by atoms with Crippen LogP contribution in [0.5, 0.6) is 11.5 Å². The number of benzene rings is 3. The van der Waals surface area contributed by atoms with Crippen LogP contribution < -0.4 is 14.4 Å². The molecular formula is C29H27NO5. The molecule has 0 bridgehead atoms. The van der Waals surface area contributed by atoms with Gasteiger partial charge in [0.1, 0.15) is 23.4 Å². The fraction of sp³-hybridized carbons (Fsp3) is 0.241. The van der Waals surface area contributed by atoms with E-state index >= 15 is 0 Å². The Labute approximate surface area is 204 Å². The van der Waals surface area contributed by atoms with Gasteiger partial charge < -0.3 is 14.6 Å². The van der Waals surface area contributed by atoms with Crippen molar-refractivity contribution in [2.24, 2.45) is 0 Å². The van der Waals surface area contributed by atoms with Crippen LogP contribution in [-0.4, -0.2) is 30.0 Å². The molecule has 2 aliphatic rings. The first kappa shape index (κ1) is 22.7. The van der Waals surface area contributed by atoms with Gasteiger partial charge in [-0.2, -0.15) is 0 Å². The predicted molar refractivity (Wildman–Crippen MR) is 134 cm³/mol.